The van der Waals surface area contributed by atoms with Gasteiger partial charge in [0.2, 0.25) is 0 Å². The molecule has 1 atom stereocenters. The lowest BCUT2D eigenvalue weighted by Gasteiger charge is -2.14. The lowest BCUT2D eigenvalue weighted by Crippen LogP contribution is -2.31. The molecule has 0 aliphatic rings. The number of rotatable bonds is 10. The molecular weight excluding hydrogens is 442 g/mol. The van der Waals surface area contributed by atoms with Gasteiger partial charge in [-0.2, -0.15) is 0 Å². The summed E-state index contributed by atoms with van der Waals surface area (Å²) in [5, 5.41) is 10.6. The normalized spacial score (nSPS) is 12.2. The van der Waals surface area contributed by atoms with Crippen LogP contribution < -0.4 is 5.32 Å². The quantitative estimate of drug-likeness (QED) is 0.435. The molecule has 0 aliphatic heterocycles. The molecule has 2 N–H and O–H groups in total. The number of carbonyl (C=O) groups is 2. The van der Waals surface area contributed by atoms with Crippen molar-refractivity contribution in [2.45, 2.75) is 30.1 Å². The fourth-order valence-corrected chi connectivity index (χ4v) is 4.68. The van der Waals surface area contributed by atoms with Gasteiger partial charge in [-0.05, 0) is 55.3 Å². The Morgan fingerprint density at radius 3 is 2.18 bits per heavy atom. The Balaban J connectivity index is 1.63. The third kappa shape index (κ3) is 6.50. The molecule has 0 saturated carbocycles. The summed E-state index contributed by atoms with van der Waals surface area (Å²) in [4.78, 5) is 23.9. The number of ether oxygens (including phenoxy) is 1. The van der Waals surface area contributed by atoms with Crippen LogP contribution in [0.2, 0.25) is 0 Å². The number of carboxylic acid groups (broad SMARTS) is 1. The van der Waals surface area contributed by atoms with Gasteiger partial charge in [0.05, 0.1) is 11.5 Å². The first-order valence-electron chi connectivity index (χ1n) is 10.3. The van der Waals surface area contributed by atoms with E-state index >= 15 is 0 Å². The highest BCUT2D eigenvalue weighted by Gasteiger charge is 2.33. The van der Waals surface area contributed by atoms with E-state index in [1.54, 1.807) is 12.1 Å². The van der Waals surface area contributed by atoms with Crippen LogP contribution in [0.25, 0.3) is 0 Å². The number of amides is 1. The molecule has 0 saturated heterocycles. The second kappa shape index (κ2) is 10.9. The number of carboxylic acids is 1. The molecule has 1 amide bonds. The lowest BCUT2D eigenvalue weighted by molar-refractivity contribution is -0.136. The van der Waals surface area contributed by atoms with Gasteiger partial charge in [0, 0.05) is 17.9 Å². The molecule has 33 heavy (non-hydrogen) atoms. The van der Waals surface area contributed by atoms with Gasteiger partial charge in [-0.3, -0.25) is 9.59 Å². The van der Waals surface area contributed by atoms with Crippen molar-refractivity contribution in [3.05, 3.63) is 95.6 Å². The van der Waals surface area contributed by atoms with E-state index in [2.05, 4.69) is 5.32 Å². The minimum absolute atomic E-state index is 0.0181. The highest BCUT2D eigenvalue weighted by Crippen LogP contribution is 2.22. The number of aryl methyl sites for hydroxylation is 1. The number of carbonyl (C=O) groups excluding carboxylic acids is 1. The second-order valence-corrected chi connectivity index (χ2v) is 9.67. The predicted molar refractivity (Wildman–Crippen MR) is 125 cm³/mol. The number of aliphatic carboxylic acids is 1. The number of benzene rings is 3. The van der Waals surface area contributed by atoms with Crippen LogP contribution in [-0.2, 0) is 26.0 Å². The zero-order valence-electron chi connectivity index (χ0n) is 18.1. The van der Waals surface area contributed by atoms with E-state index in [1.165, 1.54) is 24.3 Å². The van der Waals surface area contributed by atoms with Crippen molar-refractivity contribution in [3.63, 3.8) is 0 Å². The maximum absolute atomic E-state index is 12.9. The molecule has 172 valence electrons. The SMILES string of the molecule is Cc1ccc(C(=O)Nc2ccc(S(=O)(=O)C(CCOCc3ccccc3)C(=O)O)cc2)cc1. The average Bonchev–Trinajstić information content (AvgIpc) is 2.80. The molecule has 0 heterocycles. The zero-order chi connectivity index (χ0) is 23.8. The topological polar surface area (TPSA) is 110 Å². The summed E-state index contributed by atoms with van der Waals surface area (Å²) in [5.41, 5.74) is 2.81. The molecule has 3 aromatic rings. The standard InChI is InChI=1S/C25H25NO6S/c1-18-7-9-20(10-8-18)24(27)26-21-11-13-22(14-12-21)33(30,31)23(25(28)29)15-16-32-17-19-5-3-2-4-6-19/h2-14,23H,15-17H2,1H3,(H,26,27)(H,28,29). The summed E-state index contributed by atoms with van der Waals surface area (Å²) in [7, 11) is -4.14. The second-order valence-electron chi connectivity index (χ2n) is 7.54. The third-order valence-electron chi connectivity index (χ3n) is 5.04. The van der Waals surface area contributed by atoms with Crippen LogP contribution in [0.4, 0.5) is 5.69 Å². The molecule has 0 bridgehead atoms. The monoisotopic (exact) mass is 467 g/mol. The van der Waals surface area contributed by atoms with Gasteiger partial charge in [-0.1, -0.05) is 48.0 Å². The van der Waals surface area contributed by atoms with Crippen molar-refractivity contribution >= 4 is 27.4 Å². The summed E-state index contributed by atoms with van der Waals surface area (Å²) >= 11 is 0. The first-order chi connectivity index (χ1) is 15.8. The number of hydrogen-bond donors (Lipinski definition) is 2. The Hall–Kier alpha value is -3.49. The number of nitrogens with one attached hydrogen (secondary N) is 1. The molecule has 0 radical (unpaired) electrons. The van der Waals surface area contributed by atoms with Gasteiger partial charge in [0.1, 0.15) is 0 Å². The average molecular weight is 468 g/mol. The maximum Gasteiger partial charge on any atom is 0.322 e. The first-order valence-corrected chi connectivity index (χ1v) is 11.9. The van der Waals surface area contributed by atoms with Crippen LogP contribution in [0.3, 0.4) is 0 Å². The largest absolute Gasteiger partial charge is 0.480 e. The summed E-state index contributed by atoms with van der Waals surface area (Å²) in [6, 6.07) is 21.8. The number of hydrogen-bond acceptors (Lipinski definition) is 5. The molecule has 0 fully saturated rings. The maximum atomic E-state index is 12.9. The highest BCUT2D eigenvalue weighted by molar-refractivity contribution is 7.92. The Labute approximate surface area is 193 Å². The predicted octanol–water partition coefficient (Wildman–Crippen LogP) is 4.08. The smallest absolute Gasteiger partial charge is 0.322 e. The summed E-state index contributed by atoms with van der Waals surface area (Å²) < 4.78 is 31.3. The van der Waals surface area contributed by atoms with Gasteiger partial charge in [0.15, 0.2) is 15.1 Å². The molecule has 7 nitrogen and oxygen atoms in total. The van der Waals surface area contributed by atoms with Crippen LogP contribution in [-0.4, -0.2) is 37.3 Å². The van der Waals surface area contributed by atoms with Crippen LogP contribution in [0.1, 0.15) is 27.9 Å². The van der Waals surface area contributed by atoms with Crippen LogP contribution in [0, 0.1) is 6.92 Å². The molecular formula is C25H25NO6S. The fraction of sp³-hybridized carbons (Fsp3) is 0.200. The van der Waals surface area contributed by atoms with Crippen molar-refractivity contribution < 1.29 is 27.9 Å². The van der Waals surface area contributed by atoms with E-state index in [4.69, 9.17) is 4.74 Å². The molecule has 0 aliphatic carbocycles. The van der Waals surface area contributed by atoms with Gasteiger partial charge in [-0.15, -0.1) is 0 Å². The van der Waals surface area contributed by atoms with E-state index in [0.717, 1.165) is 11.1 Å². The fourth-order valence-electron chi connectivity index (χ4n) is 3.17. The number of sulfone groups is 1. The third-order valence-corrected chi connectivity index (χ3v) is 7.16. The van der Waals surface area contributed by atoms with E-state index in [9.17, 15) is 23.1 Å². The zero-order valence-corrected chi connectivity index (χ0v) is 18.9. The van der Waals surface area contributed by atoms with Crippen molar-refractivity contribution in [1.82, 2.24) is 0 Å². The van der Waals surface area contributed by atoms with Crippen LogP contribution in [0.5, 0.6) is 0 Å². The molecule has 3 aromatic carbocycles. The van der Waals surface area contributed by atoms with E-state index in [-0.39, 0.29) is 30.4 Å². The van der Waals surface area contributed by atoms with Crippen molar-refractivity contribution in [3.8, 4) is 0 Å². The van der Waals surface area contributed by atoms with Gasteiger partial charge in [-0.25, -0.2) is 8.42 Å². The first kappa shape index (κ1) is 24.2. The summed E-state index contributed by atoms with van der Waals surface area (Å²) in [5.74, 6) is -1.76. The van der Waals surface area contributed by atoms with Gasteiger partial charge in [0.25, 0.3) is 5.91 Å². The van der Waals surface area contributed by atoms with E-state index in [1.807, 2.05) is 49.4 Å². The number of anilines is 1. The van der Waals surface area contributed by atoms with Gasteiger partial charge < -0.3 is 15.2 Å². The summed E-state index contributed by atoms with van der Waals surface area (Å²) in [6.45, 7) is 2.17. The Kier molecular flexibility index (Phi) is 7.97. The molecule has 1 unspecified atom stereocenters. The van der Waals surface area contributed by atoms with Crippen molar-refractivity contribution in [2.24, 2.45) is 0 Å². The highest BCUT2D eigenvalue weighted by atomic mass is 32.2. The minimum Gasteiger partial charge on any atom is -0.480 e. The molecule has 3 rings (SSSR count). The molecule has 0 spiro atoms. The Morgan fingerprint density at radius 1 is 0.939 bits per heavy atom. The summed E-state index contributed by atoms with van der Waals surface area (Å²) in [6.07, 6.45) is -0.184. The van der Waals surface area contributed by atoms with Gasteiger partial charge >= 0.3 is 5.97 Å². The van der Waals surface area contributed by atoms with E-state index in [0.29, 0.717) is 11.3 Å². The van der Waals surface area contributed by atoms with Crippen molar-refractivity contribution in [2.75, 3.05) is 11.9 Å². The van der Waals surface area contributed by atoms with Crippen LogP contribution in [0.15, 0.2) is 83.8 Å². The Morgan fingerprint density at radius 2 is 1.58 bits per heavy atom. The minimum atomic E-state index is -4.14. The van der Waals surface area contributed by atoms with Crippen molar-refractivity contribution in [1.29, 1.82) is 0 Å². The van der Waals surface area contributed by atoms with Crippen LogP contribution >= 0.6 is 0 Å². The van der Waals surface area contributed by atoms with E-state index < -0.39 is 21.1 Å². The Bertz CT molecular complexity index is 1190. The lowest BCUT2D eigenvalue weighted by atomic mass is 10.1. The molecule has 0 aromatic heterocycles. The molecule has 8 heteroatoms.